The lowest BCUT2D eigenvalue weighted by Crippen LogP contribution is -2.02. The molecular formula is C21H20N4O4. The van der Waals surface area contributed by atoms with E-state index < -0.39 is 0 Å². The number of rotatable bonds is 6. The summed E-state index contributed by atoms with van der Waals surface area (Å²) < 4.78 is 16.4. The van der Waals surface area contributed by atoms with Gasteiger partial charge in [0, 0.05) is 12.0 Å². The maximum atomic E-state index is 11.7. The molecule has 2 N–H and O–H groups in total. The molecule has 8 heteroatoms. The molecule has 4 aromatic rings. The van der Waals surface area contributed by atoms with Gasteiger partial charge in [0.15, 0.2) is 22.8 Å². The average Bonchev–Trinajstić information content (AvgIpc) is 3.11. The minimum atomic E-state index is -0.354. The summed E-state index contributed by atoms with van der Waals surface area (Å²) in [6.45, 7) is 0. The molecule has 2 aromatic carbocycles. The molecule has 0 aliphatic rings. The van der Waals surface area contributed by atoms with Gasteiger partial charge < -0.3 is 14.2 Å². The minimum Gasteiger partial charge on any atom is -0.493 e. The molecule has 0 saturated carbocycles. The van der Waals surface area contributed by atoms with Crippen LogP contribution >= 0.6 is 0 Å². The van der Waals surface area contributed by atoms with Gasteiger partial charge in [0.05, 0.1) is 32.7 Å². The van der Waals surface area contributed by atoms with Crippen LogP contribution in [0.25, 0.3) is 22.6 Å². The summed E-state index contributed by atoms with van der Waals surface area (Å²) in [5.74, 6) is 1.52. The Morgan fingerprint density at radius 3 is 2.07 bits per heavy atom. The number of aromatic nitrogens is 4. The molecule has 0 amide bonds. The van der Waals surface area contributed by atoms with Crippen molar-refractivity contribution in [3.05, 3.63) is 64.2 Å². The molecule has 0 fully saturated rings. The molecule has 2 heterocycles. The average molecular weight is 392 g/mol. The van der Waals surface area contributed by atoms with Gasteiger partial charge in [-0.1, -0.05) is 30.3 Å². The second-order valence-corrected chi connectivity index (χ2v) is 6.37. The number of imidazole rings is 1. The molecule has 0 radical (unpaired) electrons. The van der Waals surface area contributed by atoms with E-state index in [1.807, 2.05) is 42.5 Å². The second kappa shape index (κ2) is 7.67. The van der Waals surface area contributed by atoms with Crippen LogP contribution in [0.15, 0.2) is 47.3 Å². The van der Waals surface area contributed by atoms with E-state index in [-0.39, 0.29) is 5.69 Å². The fourth-order valence-electron chi connectivity index (χ4n) is 3.25. The van der Waals surface area contributed by atoms with Gasteiger partial charge in [-0.15, -0.1) is 0 Å². The summed E-state index contributed by atoms with van der Waals surface area (Å²) in [5.41, 5.74) is 3.60. The Balaban J connectivity index is 1.94. The Kier molecular flexibility index (Phi) is 4.90. The van der Waals surface area contributed by atoms with Crippen molar-refractivity contribution in [2.75, 3.05) is 21.3 Å². The standard InChI is InChI=1S/C21H20N4O4/c1-27-15-10-13(11-16(28-2)18(15)29-3)17-14(9-12-7-5-4-6-8-12)22-19-20(23-17)25-21(26)24-19/h4-8,10-11H,9H2,1-3H3,(H2,22,23,24,25,26). The van der Waals surface area contributed by atoms with E-state index >= 15 is 0 Å². The number of hydrogen-bond acceptors (Lipinski definition) is 6. The number of aromatic amines is 2. The first-order valence-electron chi connectivity index (χ1n) is 8.96. The van der Waals surface area contributed by atoms with E-state index in [2.05, 4.69) is 19.9 Å². The van der Waals surface area contributed by atoms with Crippen LogP contribution in [0.1, 0.15) is 11.3 Å². The van der Waals surface area contributed by atoms with Crippen LogP contribution in [0.5, 0.6) is 17.2 Å². The van der Waals surface area contributed by atoms with Crippen LogP contribution in [-0.4, -0.2) is 41.3 Å². The van der Waals surface area contributed by atoms with Crippen molar-refractivity contribution in [2.24, 2.45) is 0 Å². The number of nitrogens with zero attached hydrogens (tertiary/aromatic N) is 2. The van der Waals surface area contributed by atoms with Crippen LogP contribution in [0.2, 0.25) is 0 Å². The number of methoxy groups -OCH3 is 3. The number of hydrogen-bond donors (Lipinski definition) is 2. The van der Waals surface area contributed by atoms with E-state index in [9.17, 15) is 4.79 Å². The number of nitrogens with one attached hydrogen (secondary N) is 2. The lowest BCUT2D eigenvalue weighted by Gasteiger charge is -2.15. The molecule has 148 valence electrons. The Labute approximate surface area is 166 Å². The fraction of sp³-hybridized carbons (Fsp3) is 0.190. The van der Waals surface area contributed by atoms with E-state index in [1.165, 1.54) is 0 Å². The van der Waals surface area contributed by atoms with Crippen LogP contribution in [0.3, 0.4) is 0 Å². The van der Waals surface area contributed by atoms with Crippen molar-refractivity contribution in [1.29, 1.82) is 0 Å². The lowest BCUT2D eigenvalue weighted by atomic mass is 10.0. The van der Waals surface area contributed by atoms with E-state index in [0.717, 1.165) is 11.1 Å². The summed E-state index contributed by atoms with van der Waals surface area (Å²) in [6, 6.07) is 13.6. The molecule has 0 saturated heterocycles. The quantitative estimate of drug-likeness (QED) is 0.523. The van der Waals surface area contributed by atoms with Crippen molar-refractivity contribution in [3.8, 4) is 28.5 Å². The highest BCUT2D eigenvalue weighted by Gasteiger charge is 2.19. The highest BCUT2D eigenvalue weighted by molar-refractivity contribution is 5.75. The molecule has 2 aromatic heterocycles. The summed E-state index contributed by atoms with van der Waals surface area (Å²) in [4.78, 5) is 26.4. The summed E-state index contributed by atoms with van der Waals surface area (Å²) in [6.07, 6.45) is 0.545. The zero-order chi connectivity index (χ0) is 20.4. The van der Waals surface area contributed by atoms with Crippen LogP contribution < -0.4 is 19.9 Å². The molecule has 0 aliphatic heterocycles. The molecule has 0 unspecified atom stereocenters. The third-order valence-electron chi connectivity index (χ3n) is 4.58. The molecule has 0 aliphatic carbocycles. The van der Waals surface area contributed by atoms with Gasteiger partial charge in [0.1, 0.15) is 0 Å². The molecular weight excluding hydrogens is 372 g/mol. The van der Waals surface area contributed by atoms with Gasteiger partial charge in [-0.25, -0.2) is 14.8 Å². The van der Waals surface area contributed by atoms with Crippen molar-refractivity contribution < 1.29 is 14.2 Å². The highest BCUT2D eigenvalue weighted by Crippen LogP contribution is 2.41. The highest BCUT2D eigenvalue weighted by atomic mass is 16.5. The van der Waals surface area contributed by atoms with Crippen molar-refractivity contribution in [2.45, 2.75) is 6.42 Å². The minimum absolute atomic E-state index is 0.354. The van der Waals surface area contributed by atoms with Gasteiger partial charge >= 0.3 is 5.69 Å². The predicted molar refractivity (Wildman–Crippen MR) is 109 cm³/mol. The van der Waals surface area contributed by atoms with Crippen LogP contribution in [0, 0.1) is 0 Å². The smallest absolute Gasteiger partial charge is 0.326 e. The zero-order valence-electron chi connectivity index (χ0n) is 16.3. The van der Waals surface area contributed by atoms with E-state index in [4.69, 9.17) is 14.2 Å². The van der Waals surface area contributed by atoms with Gasteiger partial charge in [0.2, 0.25) is 5.75 Å². The molecule has 0 bridgehead atoms. The first-order valence-corrected chi connectivity index (χ1v) is 8.96. The molecule has 29 heavy (non-hydrogen) atoms. The molecule has 8 nitrogen and oxygen atoms in total. The van der Waals surface area contributed by atoms with Gasteiger partial charge in [0.25, 0.3) is 0 Å². The number of benzene rings is 2. The first kappa shape index (κ1) is 18.5. The Hall–Kier alpha value is -3.81. The van der Waals surface area contributed by atoms with E-state index in [1.54, 1.807) is 21.3 Å². The second-order valence-electron chi connectivity index (χ2n) is 6.37. The molecule has 4 rings (SSSR count). The Morgan fingerprint density at radius 1 is 0.862 bits per heavy atom. The maximum absolute atomic E-state index is 11.7. The maximum Gasteiger partial charge on any atom is 0.326 e. The largest absolute Gasteiger partial charge is 0.493 e. The summed E-state index contributed by atoms with van der Waals surface area (Å²) in [5, 5.41) is 0. The first-order chi connectivity index (χ1) is 14.1. The summed E-state index contributed by atoms with van der Waals surface area (Å²) >= 11 is 0. The van der Waals surface area contributed by atoms with Crippen LogP contribution in [-0.2, 0) is 6.42 Å². The number of ether oxygens (including phenoxy) is 3. The Bertz CT molecular complexity index is 1190. The Morgan fingerprint density at radius 2 is 1.48 bits per heavy atom. The van der Waals surface area contributed by atoms with Crippen molar-refractivity contribution in [1.82, 2.24) is 19.9 Å². The molecule has 0 atom stereocenters. The number of H-pyrrole nitrogens is 2. The third-order valence-corrected chi connectivity index (χ3v) is 4.58. The summed E-state index contributed by atoms with van der Waals surface area (Å²) in [7, 11) is 4.67. The van der Waals surface area contributed by atoms with Gasteiger partial charge in [-0.05, 0) is 17.7 Å². The predicted octanol–water partition coefficient (Wildman–Crippen LogP) is 2.93. The van der Waals surface area contributed by atoms with Gasteiger partial charge in [-0.3, -0.25) is 9.97 Å². The van der Waals surface area contributed by atoms with Crippen LogP contribution in [0.4, 0.5) is 0 Å². The van der Waals surface area contributed by atoms with Crippen molar-refractivity contribution in [3.63, 3.8) is 0 Å². The fourth-order valence-corrected chi connectivity index (χ4v) is 3.25. The topological polar surface area (TPSA) is 102 Å². The lowest BCUT2D eigenvalue weighted by molar-refractivity contribution is 0.324. The van der Waals surface area contributed by atoms with E-state index in [0.29, 0.717) is 46.4 Å². The monoisotopic (exact) mass is 392 g/mol. The van der Waals surface area contributed by atoms with Crippen molar-refractivity contribution >= 4 is 11.3 Å². The SMILES string of the molecule is COc1cc(-c2nc3[nH]c(=O)[nH]c3nc2Cc2ccccc2)cc(OC)c1OC. The molecule has 0 spiro atoms. The normalized spacial score (nSPS) is 10.9. The third kappa shape index (κ3) is 3.52. The number of fused-ring (bicyclic) bond motifs is 1. The van der Waals surface area contributed by atoms with Gasteiger partial charge in [-0.2, -0.15) is 0 Å². The zero-order valence-corrected chi connectivity index (χ0v) is 16.3.